The highest BCUT2D eigenvalue weighted by Crippen LogP contribution is 2.39. The molecule has 0 spiro atoms. The van der Waals surface area contributed by atoms with E-state index >= 15 is 0 Å². The number of hydrogen-bond acceptors (Lipinski definition) is 4. The van der Waals surface area contributed by atoms with E-state index in [4.69, 9.17) is 14.2 Å². The number of ether oxygens (including phenoxy) is 3. The van der Waals surface area contributed by atoms with Crippen LogP contribution in [0.3, 0.4) is 0 Å². The van der Waals surface area contributed by atoms with Gasteiger partial charge in [0.15, 0.2) is 11.5 Å². The molecule has 6 heteroatoms. The van der Waals surface area contributed by atoms with Crippen LogP contribution in [-0.4, -0.2) is 63.9 Å². The summed E-state index contributed by atoms with van der Waals surface area (Å²) < 4.78 is 17.1. The summed E-state index contributed by atoms with van der Waals surface area (Å²) in [7, 11) is 2.17. The summed E-state index contributed by atoms with van der Waals surface area (Å²) in [4.78, 5) is 16.4. The Morgan fingerprint density at radius 1 is 1.00 bits per heavy atom. The van der Waals surface area contributed by atoms with Crippen LogP contribution in [0.5, 0.6) is 17.2 Å². The monoisotopic (exact) mass is 351 g/mol. The van der Waals surface area contributed by atoms with Gasteiger partial charge in [0, 0.05) is 18.5 Å². The fourth-order valence-electron chi connectivity index (χ4n) is 3.03. The number of amides is 1. The van der Waals surface area contributed by atoms with Gasteiger partial charge in [0.05, 0.1) is 46.5 Å². The molecule has 1 amide bonds. The minimum absolute atomic E-state index is 0.0275. The van der Waals surface area contributed by atoms with Gasteiger partial charge in [-0.1, -0.05) is 0 Å². The molecule has 140 valence electrons. The van der Waals surface area contributed by atoms with Gasteiger partial charge in [-0.25, -0.2) is 0 Å². The quantitative estimate of drug-likeness (QED) is 0.803. The average molecular weight is 351 g/mol. The van der Waals surface area contributed by atoms with Crippen molar-refractivity contribution in [1.29, 1.82) is 0 Å². The van der Waals surface area contributed by atoms with E-state index in [0.29, 0.717) is 42.6 Å². The normalized spacial score (nSPS) is 17.8. The van der Waals surface area contributed by atoms with Crippen LogP contribution in [-0.2, 0) is 0 Å². The molecule has 1 fully saturated rings. The van der Waals surface area contributed by atoms with Crippen LogP contribution in [0.1, 0.15) is 37.6 Å². The van der Waals surface area contributed by atoms with Crippen molar-refractivity contribution in [1.82, 2.24) is 4.90 Å². The minimum atomic E-state index is 0.0275. The fourth-order valence-corrected chi connectivity index (χ4v) is 3.03. The molecule has 1 aliphatic rings. The maximum Gasteiger partial charge on any atom is 0.254 e. The van der Waals surface area contributed by atoms with Gasteiger partial charge in [-0.15, -0.1) is 0 Å². The van der Waals surface area contributed by atoms with E-state index in [1.54, 1.807) is 12.1 Å². The number of nitrogens with one attached hydrogen (secondary N) is 1. The molecule has 1 aromatic carbocycles. The number of benzene rings is 1. The van der Waals surface area contributed by atoms with Crippen molar-refractivity contribution < 1.29 is 23.9 Å². The molecule has 1 atom stereocenters. The largest absolute Gasteiger partial charge is 0.490 e. The average Bonchev–Trinajstić information content (AvgIpc) is 2.82. The second-order valence-electron chi connectivity index (χ2n) is 6.20. The highest BCUT2D eigenvalue weighted by atomic mass is 16.5. The third-order valence-electron chi connectivity index (χ3n) is 4.28. The summed E-state index contributed by atoms with van der Waals surface area (Å²) >= 11 is 0. The lowest BCUT2D eigenvalue weighted by molar-refractivity contribution is -0.877. The van der Waals surface area contributed by atoms with Gasteiger partial charge in [0.1, 0.15) is 0 Å². The van der Waals surface area contributed by atoms with Crippen LogP contribution >= 0.6 is 0 Å². The SMILES string of the molecule is CCOc1cc(C(=O)N2CCC[NH+](C)CC2)cc(OCC)c1OCC. The molecule has 2 rings (SSSR count). The van der Waals surface area contributed by atoms with Crippen LogP contribution in [0, 0.1) is 0 Å². The molecule has 0 radical (unpaired) electrons. The predicted octanol–water partition coefficient (Wildman–Crippen LogP) is 1.24. The van der Waals surface area contributed by atoms with Gasteiger partial charge in [-0.05, 0) is 32.9 Å². The Morgan fingerprint density at radius 2 is 1.60 bits per heavy atom. The highest BCUT2D eigenvalue weighted by molar-refractivity contribution is 5.95. The predicted molar refractivity (Wildman–Crippen MR) is 97.1 cm³/mol. The molecule has 1 N–H and O–H groups in total. The van der Waals surface area contributed by atoms with E-state index in [-0.39, 0.29) is 5.91 Å². The van der Waals surface area contributed by atoms with Crippen molar-refractivity contribution >= 4 is 5.91 Å². The van der Waals surface area contributed by atoms with E-state index in [1.807, 2.05) is 25.7 Å². The molecule has 25 heavy (non-hydrogen) atoms. The molecule has 1 saturated heterocycles. The molecule has 0 saturated carbocycles. The van der Waals surface area contributed by atoms with Crippen molar-refractivity contribution in [3.8, 4) is 17.2 Å². The zero-order valence-electron chi connectivity index (χ0n) is 15.9. The highest BCUT2D eigenvalue weighted by Gasteiger charge is 2.24. The van der Waals surface area contributed by atoms with E-state index in [0.717, 1.165) is 32.6 Å². The number of rotatable bonds is 7. The van der Waals surface area contributed by atoms with Crippen molar-refractivity contribution in [3.63, 3.8) is 0 Å². The molecule has 0 aromatic heterocycles. The number of nitrogens with zero attached hydrogens (tertiary/aromatic N) is 1. The van der Waals surface area contributed by atoms with Gasteiger partial charge >= 0.3 is 0 Å². The second-order valence-corrected chi connectivity index (χ2v) is 6.20. The summed E-state index contributed by atoms with van der Waals surface area (Å²) in [5, 5.41) is 0. The second kappa shape index (κ2) is 9.51. The van der Waals surface area contributed by atoms with Crippen LogP contribution in [0.25, 0.3) is 0 Å². The first-order chi connectivity index (χ1) is 12.1. The minimum Gasteiger partial charge on any atom is -0.490 e. The Morgan fingerprint density at radius 3 is 2.16 bits per heavy atom. The van der Waals surface area contributed by atoms with Gasteiger partial charge in [0.25, 0.3) is 5.91 Å². The van der Waals surface area contributed by atoms with Crippen molar-refractivity contribution in [2.45, 2.75) is 27.2 Å². The lowest BCUT2D eigenvalue weighted by Crippen LogP contribution is -3.09. The first kappa shape index (κ1) is 19.4. The van der Waals surface area contributed by atoms with Gasteiger partial charge in [0.2, 0.25) is 5.75 Å². The lowest BCUT2D eigenvalue weighted by atomic mass is 10.1. The maximum atomic E-state index is 13.0. The third-order valence-corrected chi connectivity index (χ3v) is 4.28. The summed E-state index contributed by atoms with van der Waals surface area (Å²) in [6.07, 6.45) is 1.02. The van der Waals surface area contributed by atoms with Gasteiger partial charge < -0.3 is 24.0 Å². The van der Waals surface area contributed by atoms with E-state index < -0.39 is 0 Å². The molecule has 1 aromatic rings. The molecular weight excluding hydrogens is 320 g/mol. The van der Waals surface area contributed by atoms with Crippen LogP contribution in [0.15, 0.2) is 12.1 Å². The Bertz CT molecular complexity index is 550. The summed E-state index contributed by atoms with van der Waals surface area (Å²) in [6.45, 7) is 10.9. The molecule has 6 nitrogen and oxygen atoms in total. The number of carbonyl (C=O) groups excluding carboxylic acids is 1. The molecule has 1 heterocycles. The fraction of sp³-hybridized carbons (Fsp3) is 0.632. The van der Waals surface area contributed by atoms with Gasteiger partial charge in [-0.3, -0.25) is 4.79 Å². The standard InChI is InChI=1S/C19H30N2O4/c1-5-23-16-13-15(14-17(24-6-2)18(16)25-7-3)19(22)21-10-8-9-20(4)11-12-21/h13-14H,5-12H2,1-4H3/p+1. The molecule has 1 aliphatic heterocycles. The Balaban J connectivity index is 2.33. The van der Waals surface area contributed by atoms with Crippen molar-refractivity contribution in [2.75, 3.05) is 53.0 Å². The van der Waals surface area contributed by atoms with E-state index in [2.05, 4.69) is 7.05 Å². The third kappa shape index (κ3) is 5.01. The van der Waals surface area contributed by atoms with Crippen LogP contribution < -0.4 is 19.1 Å². The molecule has 0 aliphatic carbocycles. The van der Waals surface area contributed by atoms with Crippen LogP contribution in [0.2, 0.25) is 0 Å². The smallest absolute Gasteiger partial charge is 0.254 e. The first-order valence-corrected chi connectivity index (χ1v) is 9.27. The molecule has 1 unspecified atom stereocenters. The summed E-state index contributed by atoms with van der Waals surface area (Å²) in [6, 6.07) is 3.56. The Hall–Kier alpha value is -1.95. The number of carbonyl (C=O) groups is 1. The summed E-state index contributed by atoms with van der Waals surface area (Å²) in [5.74, 6) is 1.73. The number of hydrogen-bond donors (Lipinski definition) is 1. The van der Waals surface area contributed by atoms with E-state index in [1.165, 1.54) is 4.90 Å². The Labute approximate surface area is 150 Å². The zero-order valence-corrected chi connectivity index (χ0v) is 15.9. The molecular formula is C19H31N2O4+. The van der Waals surface area contributed by atoms with Gasteiger partial charge in [-0.2, -0.15) is 0 Å². The Kier molecular flexibility index (Phi) is 7.37. The number of quaternary nitrogens is 1. The molecule has 0 bridgehead atoms. The first-order valence-electron chi connectivity index (χ1n) is 9.27. The maximum absolute atomic E-state index is 13.0. The lowest BCUT2D eigenvalue weighted by Gasteiger charge is -2.21. The zero-order chi connectivity index (χ0) is 18.2. The van der Waals surface area contributed by atoms with Crippen LogP contribution in [0.4, 0.5) is 0 Å². The van der Waals surface area contributed by atoms with Crippen molar-refractivity contribution in [2.24, 2.45) is 0 Å². The topological polar surface area (TPSA) is 52.4 Å². The van der Waals surface area contributed by atoms with E-state index in [9.17, 15) is 4.79 Å². The summed E-state index contributed by atoms with van der Waals surface area (Å²) in [5.41, 5.74) is 0.593. The van der Waals surface area contributed by atoms with Crippen molar-refractivity contribution in [3.05, 3.63) is 17.7 Å². The number of likely N-dealkylation sites (N-methyl/N-ethyl adjacent to an activating group) is 1.